The minimum Gasteiger partial charge on any atom is -0.507 e. The van der Waals surface area contributed by atoms with Gasteiger partial charge in [0.25, 0.3) is 0 Å². The SMILES string of the molecule is CCCCCCCCCC(=O)OC[C@H](O)C(C)OCOC[C@H](O)C(C)OC(C)Oc1cc2cc3c(c(O)c2c(O)c1C)C(=O)[C@@H](O[C@@H](C)OC(C)[C@@H](O)COC(C)OC(C)[C@H](O)COC1OC(C)[C@@H](O)C1(C)O)[C@H]([C@H](OC)C(=O)[C@@H](O)[C@@H](C)O)C3. The Kier molecular flexibility index (Phi) is 30.2. The van der Waals surface area contributed by atoms with Crippen LogP contribution in [0.4, 0.5) is 0 Å². The highest BCUT2D eigenvalue weighted by Crippen LogP contribution is 2.47. The minimum atomic E-state index is -1.93. The number of aromatic hydroxyl groups is 2. The predicted molar refractivity (Wildman–Crippen MR) is 304 cm³/mol. The number of unbranched alkanes of at least 4 members (excludes halogenated alkanes) is 6. The normalized spacial score (nSPS) is 25.0. The highest BCUT2D eigenvalue weighted by Gasteiger charge is 2.52. The molecular weight excluding hydrogens is 1120 g/mol. The number of carbonyl (C=O) groups is 3. The summed E-state index contributed by atoms with van der Waals surface area (Å²) in [5, 5.41) is 108. The second-order valence-electron chi connectivity index (χ2n) is 22.8. The summed E-state index contributed by atoms with van der Waals surface area (Å²) in [7, 11) is 1.18. The molecule has 0 amide bonds. The van der Waals surface area contributed by atoms with E-state index in [1.165, 1.54) is 80.0 Å². The van der Waals surface area contributed by atoms with E-state index >= 15 is 0 Å². The zero-order chi connectivity index (χ0) is 63.6. The van der Waals surface area contributed by atoms with Gasteiger partial charge in [-0.3, -0.25) is 14.4 Å². The number of esters is 1. The van der Waals surface area contributed by atoms with Crippen molar-refractivity contribution in [1.29, 1.82) is 0 Å². The number of methoxy groups -OCH3 is 1. The lowest BCUT2D eigenvalue weighted by molar-refractivity contribution is -0.235. The Morgan fingerprint density at radius 1 is 0.741 bits per heavy atom. The third-order valence-corrected chi connectivity index (χ3v) is 15.6. The molecule has 85 heavy (non-hydrogen) atoms. The number of hydrogen-bond donors (Lipinski definition) is 10. The molecule has 0 saturated carbocycles. The molecule has 0 spiro atoms. The summed E-state index contributed by atoms with van der Waals surface area (Å²) in [6.45, 7) is 17.1. The summed E-state index contributed by atoms with van der Waals surface area (Å²) in [6.07, 6.45) is -13.8. The van der Waals surface area contributed by atoms with E-state index in [2.05, 4.69) is 6.92 Å². The Hall–Kier alpha value is -3.81. The minimum absolute atomic E-state index is 0.109. The zero-order valence-electron chi connectivity index (χ0n) is 51.6. The van der Waals surface area contributed by atoms with Crippen LogP contribution in [0, 0.1) is 12.8 Å². The van der Waals surface area contributed by atoms with Crippen molar-refractivity contribution in [1.82, 2.24) is 0 Å². The molecular formula is C60H98O25. The van der Waals surface area contributed by atoms with Crippen LogP contribution in [0.15, 0.2) is 12.1 Å². The van der Waals surface area contributed by atoms with E-state index in [9.17, 15) is 65.4 Å². The summed E-state index contributed by atoms with van der Waals surface area (Å²) in [5.74, 6) is -4.35. The maximum Gasteiger partial charge on any atom is 0.305 e. The first kappa shape index (κ1) is 73.7. The second-order valence-corrected chi connectivity index (χ2v) is 22.8. The molecule has 4 rings (SSSR count). The van der Waals surface area contributed by atoms with Crippen LogP contribution >= 0.6 is 0 Å². The maximum atomic E-state index is 14.7. The van der Waals surface area contributed by atoms with Crippen LogP contribution in [-0.2, 0) is 68.1 Å². The number of ketones is 2. The third-order valence-electron chi connectivity index (χ3n) is 15.6. The molecule has 1 aliphatic heterocycles. The van der Waals surface area contributed by atoms with Gasteiger partial charge in [0.05, 0.1) is 67.4 Å². The van der Waals surface area contributed by atoms with E-state index in [-0.39, 0.29) is 85.2 Å². The average Bonchev–Trinajstić information content (AvgIpc) is 1.43. The largest absolute Gasteiger partial charge is 0.507 e. The van der Waals surface area contributed by atoms with Crippen LogP contribution in [0.5, 0.6) is 17.2 Å². The molecule has 0 aromatic heterocycles. The standard InChI is InChI=1S/C60H98O25/c1-14-15-16-17-18-19-20-21-48(66)77-27-44(63)32(4)79-29-75-25-43(62)33(5)81-38(10)84-47-24-41-22-40-23-42(56(74-13)55(71)52(68)31(3)61)57(54(70)50(40)53(69)49(41)51(67)30(47)2)85-39(11)82-35(7)45(64)26-76-37(9)80-34(6)46(65)28-78-59-60(12,73)58(72)36(8)83-59/h22,24,31-39,42-46,52,56-59,61-65,67-69,72-73H,14-21,23,25-29H2,1-13H3/t31-,32?,33?,34?,35?,36?,37?,38?,39+,42+,43+,44+,45+,46-,52+,56+,57+,58-,59?,60?/m1/s1. The monoisotopic (exact) mass is 1220 g/mol. The van der Waals surface area contributed by atoms with Gasteiger partial charge in [0, 0.05) is 25.0 Å². The quantitative estimate of drug-likeness (QED) is 0.0258. The number of fused-ring (bicyclic) bond motifs is 2. The molecule has 1 fully saturated rings. The fourth-order valence-corrected chi connectivity index (χ4v) is 10.0. The topological polar surface area (TPSA) is 364 Å². The molecule has 1 aliphatic carbocycles. The van der Waals surface area contributed by atoms with Crippen LogP contribution in [0.2, 0.25) is 0 Å². The van der Waals surface area contributed by atoms with Crippen molar-refractivity contribution in [3.8, 4) is 17.2 Å². The number of hydrogen-bond acceptors (Lipinski definition) is 25. The molecule has 2 aromatic carbocycles. The zero-order valence-corrected chi connectivity index (χ0v) is 51.6. The lowest BCUT2D eigenvalue weighted by Crippen LogP contribution is -2.52. The van der Waals surface area contributed by atoms with Gasteiger partial charge in [0.2, 0.25) is 0 Å². The number of ether oxygens (including phenoxy) is 12. The number of aliphatic hydroxyl groups excluding tert-OH is 7. The highest BCUT2D eigenvalue weighted by atomic mass is 16.7. The molecule has 0 bridgehead atoms. The fourth-order valence-electron chi connectivity index (χ4n) is 10.0. The molecule has 20 atom stereocenters. The van der Waals surface area contributed by atoms with Crippen LogP contribution in [0.25, 0.3) is 10.8 Å². The number of rotatable bonds is 40. The number of aliphatic hydroxyl groups is 8. The Labute approximate surface area is 498 Å². The Bertz CT molecular complexity index is 2370. The van der Waals surface area contributed by atoms with Crippen molar-refractivity contribution >= 4 is 28.3 Å². The molecule has 1 saturated heterocycles. The predicted octanol–water partition coefficient (Wildman–Crippen LogP) is 3.65. The first-order valence-electron chi connectivity index (χ1n) is 29.6. The van der Waals surface area contributed by atoms with Crippen LogP contribution in [0.1, 0.15) is 149 Å². The Balaban J connectivity index is 1.38. The Morgan fingerprint density at radius 3 is 1.92 bits per heavy atom. The van der Waals surface area contributed by atoms with E-state index in [1.807, 2.05) is 0 Å². The number of benzene rings is 2. The first-order valence-corrected chi connectivity index (χ1v) is 29.6. The summed E-state index contributed by atoms with van der Waals surface area (Å²) < 4.78 is 68.4. The fraction of sp³-hybridized carbons (Fsp3) is 0.783. The van der Waals surface area contributed by atoms with Crippen molar-refractivity contribution in [2.45, 2.75) is 257 Å². The van der Waals surface area contributed by atoms with Gasteiger partial charge in [-0.05, 0) is 112 Å². The molecule has 2 aromatic rings. The van der Waals surface area contributed by atoms with Gasteiger partial charge in [0.15, 0.2) is 36.7 Å². The van der Waals surface area contributed by atoms with Crippen molar-refractivity contribution < 1.29 is 122 Å². The van der Waals surface area contributed by atoms with E-state index < -0.39 is 145 Å². The van der Waals surface area contributed by atoms with Crippen LogP contribution in [0.3, 0.4) is 0 Å². The van der Waals surface area contributed by atoms with Crippen molar-refractivity contribution in [3.63, 3.8) is 0 Å². The lowest BCUT2D eigenvalue weighted by atomic mass is 9.75. The number of phenolic OH excluding ortho intramolecular Hbond substituents is 2. The molecule has 25 nitrogen and oxygen atoms in total. The summed E-state index contributed by atoms with van der Waals surface area (Å²) in [6, 6.07) is 3.02. The molecule has 10 N–H and O–H groups in total. The first-order chi connectivity index (χ1) is 40.0. The third kappa shape index (κ3) is 20.9. The van der Waals surface area contributed by atoms with Crippen LogP contribution < -0.4 is 4.74 Å². The van der Waals surface area contributed by atoms with E-state index in [1.54, 1.807) is 34.6 Å². The van der Waals surface area contributed by atoms with E-state index in [0.717, 1.165) is 25.7 Å². The van der Waals surface area contributed by atoms with Gasteiger partial charge in [-0.1, -0.05) is 45.4 Å². The molecule has 25 heteroatoms. The molecule has 9 unspecified atom stereocenters. The molecule has 0 radical (unpaired) electrons. The van der Waals surface area contributed by atoms with Gasteiger partial charge < -0.3 is 108 Å². The summed E-state index contributed by atoms with van der Waals surface area (Å²) in [4.78, 5) is 40.6. The Morgan fingerprint density at radius 2 is 1.32 bits per heavy atom. The van der Waals surface area contributed by atoms with Crippen LogP contribution in [-0.4, -0.2) is 225 Å². The van der Waals surface area contributed by atoms with Gasteiger partial charge in [-0.2, -0.15) is 0 Å². The number of Topliss-reactive ketones (excluding diaryl/α,β-unsaturated/α-hetero) is 2. The molecule has 488 valence electrons. The highest BCUT2D eigenvalue weighted by molar-refractivity contribution is 6.11. The molecule has 2 aliphatic rings. The van der Waals surface area contributed by atoms with Gasteiger partial charge in [-0.15, -0.1) is 0 Å². The lowest BCUT2D eigenvalue weighted by Gasteiger charge is -2.38. The maximum absolute atomic E-state index is 14.7. The van der Waals surface area contributed by atoms with E-state index in [0.29, 0.717) is 0 Å². The van der Waals surface area contributed by atoms with Gasteiger partial charge >= 0.3 is 5.97 Å². The van der Waals surface area contributed by atoms with Crippen molar-refractivity contribution in [3.05, 3.63) is 28.8 Å². The van der Waals surface area contributed by atoms with Crippen molar-refractivity contribution in [2.75, 3.05) is 40.3 Å². The van der Waals surface area contributed by atoms with Gasteiger partial charge in [0.1, 0.15) is 85.1 Å². The average molecular weight is 1220 g/mol. The summed E-state index contributed by atoms with van der Waals surface area (Å²) >= 11 is 0. The van der Waals surface area contributed by atoms with E-state index in [4.69, 9.17) is 56.8 Å². The number of phenols is 2. The smallest absolute Gasteiger partial charge is 0.305 e. The molecule has 1 heterocycles. The second kappa shape index (κ2) is 34.8. The number of carbonyl (C=O) groups excluding carboxylic acids is 3. The van der Waals surface area contributed by atoms with Gasteiger partial charge in [-0.25, -0.2) is 0 Å². The van der Waals surface area contributed by atoms with Crippen molar-refractivity contribution in [2.24, 2.45) is 5.92 Å². The summed E-state index contributed by atoms with van der Waals surface area (Å²) in [5.41, 5.74) is -1.60.